The topological polar surface area (TPSA) is 29.3 Å². The van der Waals surface area contributed by atoms with Crippen molar-refractivity contribution in [2.24, 2.45) is 0 Å². The molecular formula is C12H12NO2+. The molecule has 0 unspecified atom stereocenters. The smallest absolute Gasteiger partial charge is 0.194 e. The summed E-state index contributed by atoms with van der Waals surface area (Å²) in [5.74, 6) is 0. The highest BCUT2D eigenvalue weighted by Gasteiger charge is 1.99. The first-order valence-corrected chi connectivity index (χ1v) is 4.47. The summed E-state index contributed by atoms with van der Waals surface area (Å²) in [4.78, 5) is 16.0. The summed E-state index contributed by atoms with van der Waals surface area (Å²) in [6.45, 7) is 3.45. The van der Waals surface area contributed by atoms with Crippen LogP contribution < -0.4 is 0 Å². The van der Waals surface area contributed by atoms with Crippen LogP contribution in [-0.4, -0.2) is 4.92 Å². The first-order valence-electron chi connectivity index (χ1n) is 4.47. The number of hydrogen-bond acceptors (Lipinski definition) is 2. The fraction of sp³-hybridized carbons (Fsp3) is 0. The van der Waals surface area contributed by atoms with Gasteiger partial charge >= 0.3 is 0 Å². The van der Waals surface area contributed by atoms with Crippen LogP contribution in [0.15, 0.2) is 61.5 Å². The van der Waals surface area contributed by atoms with Gasteiger partial charge in [-0.15, -0.1) is 0 Å². The molecule has 1 aromatic rings. The Kier molecular flexibility index (Phi) is 4.60. The molecule has 0 bridgehead atoms. The lowest BCUT2D eigenvalue weighted by Crippen LogP contribution is -1.94. The summed E-state index contributed by atoms with van der Waals surface area (Å²) in [5.41, 5.74) is 0.939. The van der Waals surface area contributed by atoms with Crippen LogP contribution in [0.25, 0.3) is 6.08 Å². The molecule has 0 amide bonds. The van der Waals surface area contributed by atoms with E-state index in [0.29, 0.717) is 4.92 Å². The van der Waals surface area contributed by atoms with Crippen LogP contribution in [0.4, 0.5) is 0 Å². The van der Waals surface area contributed by atoms with Crippen LogP contribution in [0.1, 0.15) is 5.56 Å². The molecule has 3 heteroatoms. The Morgan fingerprint density at radius 2 is 2.00 bits per heavy atom. The van der Waals surface area contributed by atoms with Crippen molar-refractivity contribution < 1.29 is 9.76 Å². The van der Waals surface area contributed by atoms with Gasteiger partial charge in [-0.1, -0.05) is 43.0 Å². The third kappa shape index (κ3) is 4.57. The second kappa shape index (κ2) is 6.32. The monoisotopic (exact) mass is 202 g/mol. The molecule has 0 radical (unpaired) electrons. The van der Waals surface area contributed by atoms with Crippen molar-refractivity contribution >= 4 is 6.08 Å². The van der Waals surface area contributed by atoms with Crippen LogP contribution in [0, 0.1) is 4.91 Å². The predicted molar refractivity (Wildman–Crippen MR) is 59.5 cm³/mol. The average Bonchev–Trinajstić information content (AvgIpc) is 2.28. The van der Waals surface area contributed by atoms with E-state index in [1.54, 1.807) is 6.08 Å². The maximum atomic E-state index is 11.0. The maximum Gasteiger partial charge on any atom is 0.283 e. The first kappa shape index (κ1) is 10.9. The van der Waals surface area contributed by atoms with Gasteiger partial charge < -0.3 is 0 Å². The largest absolute Gasteiger partial charge is 0.283 e. The molecule has 0 saturated heterocycles. The molecule has 15 heavy (non-hydrogen) atoms. The van der Waals surface area contributed by atoms with E-state index in [9.17, 15) is 4.91 Å². The highest BCUT2D eigenvalue weighted by molar-refractivity contribution is 5.47. The number of hydrogen-bond donors (Lipinski definition) is 0. The Labute approximate surface area is 88.5 Å². The summed E-state index contributed by atoms with van der Waals surface area (Å²) >= 11 is 0. The van der Waals surface area contributed by atoms with Crippen LogP contribution in [-0.2, 0) is 4.84 Å². The fourth-order valence-corrected chi connectivity index (χ4v) is 0.897. The third-order valence-electron chi connectivity index (χ3n) is 1.57. The predicted octanol–water partition coefficient (Wildman–Crippen LogP) is 3.07. The molecule has 0 aliphatic heterocycles. The summed E-state index contributed by atoms with van der Waals surface area (Å²) < 4.78 is 0. The molecule has 3 nitrogen and oxygen atoms in total. The molecule has 0 aliphatic carbocycles. The van der Waals surface area contributed by atoms with Gasteiger partial charge in [-0.2, -0.15) is 4.84 Å². The summed E-state index contributed by atoms with van der Waals surface area (Å²) in [6, 6.07) is 9.49. The van der Waals surface area contributed by atoms with Gasteiger partial charge in [0.05, 0.1) is 4.91 Å². The standard InChI is InChI=1S/C12H12NO2/c1-2-3-11-15-13(14)10-9-12-7-5-4-6-8-12/h2-11H,1H2/q+1. The summed E-state index contributed by atoms with van der Waals surface area (Å²) in [6.07, 6.45) is 7.27. The van der Waals surface area contributed by atoms with Crippen molar-refractivity contribution in [3.63, 3.8) is 0 Å². The van der Waals surface area contributed by atoms with Crippen molar-refractivity contribution in [1.82, 2.24) is 0 Å². The van der Waals surface area contributed by atoms with Gasteiger partial charge in [-0.05, 0) is 11.6 Å². The molecule has 76 valence electrons. The van der Waals surface area contributed by atoms with E-state index in [-0.39, 0.29) is 0 Å². The van der Waals surface area contributed by atoms with Gasteiger partial charge in [-0.3, -0.25) is 0 Å². The highest BCUT2D eigenvalue weighted by Crippen LogP contribution is 2.00. The van der Waals surface area contributed by atoms with Gasteiger partial charge in [0.2, 0.25) is 0 Å². The quantitative estimate of drug-likeness (QED) is 0.417. The second-order valence-electron chi connectivity index (χ2n) is 2.68. The SMILES string of the molecule is C=CC=CO[N+](=O)C=Cc1ccccc1. The third-order valence-corrected chi connectivity index (χ3v) is 1.57. The van der Waals surface area contributed by atoms with E-state index in [4.69, 9.17) is 0 Å². The number of rotatable bonds is 5. The normalized spacial score (nSPS) is 10.7. The number of allylic oxidation sites excluding steroid dienone is 2. The zero-order valence-corrected chi connectivity index (χ0v) is 8.24. The van der Waals surface area contributed by atoms with Crippen molar-refractivity contribution in [2.45, 2.75) is 0 Å². The molecule has 1 rings (SSSR count). The average molecular weight is 202 g/mol. The first-order chi connectivity index (χ1) is 7.33. The molecule has 1 aromatic carbocycles. The molecule has 0 aliphatic rings. The van der Waals surface area contributed by atoms with E-state index in [2.05, 4.69) is 11.4 Å². The zero-order chi connectivity index (χ0) is 10.9. The van der Waals surface area contributed by atoms with Gasteiger partial charge in [0, 0.05) is 6.08 Å². The van der Waals surface area contributed by atoms with Gasteiger partial charge in [0.25, 0.3) is 11.1 Å². The Balaban J connectivity index is 2.48. The minimum atomic E-state index is 0.368. The fourth-order valence-electron chi connectivity index (χ4n) is 0.897. The lowest BCUT2D eigenvalue weighted by Gasteiger charge is -1.86. The summed E-state index contributed by atoms with van der Waals surface area (Å²) in [7, 11) is 0. The van der Waals surface area contributed by atoms with Crippen molar-refractivity contribution in [2.75, 3.05) is 0 Å². The van der Waals surface area contributed by atoms with Crippen molar-refractivity contribution in [3.05, 3.63) is 72.0 Å². The summed E-state index contributed by atoms with van der Waals surface area (Å²) in [5, 5.41) is 0. The minimum Gasteiger partial charge on any atom is -0.194 e. The highest BCUT2D eigenvalue weighted by atomic mass is 16.8. The number of benzene rings is 1. The van der Waals surface area contributed by atoms with E-state index >= 15 is 0 Å². The Morgan fingerprint density at radius 1 is 1.27 bits per heavy atom. The molecule has 0 spiro atoms. The molecule has 0 aromatic heterocycles. The van der Waals surface area contributed by atoms with Crippen LogP contribution >= 0.6 is 0 Å². The molecular weight excluding hydrogens is 190 g/mol. The molecule has 0 fully saturated rings. The van der Waals surface area contributed by atoms with E-state index in [0.717, 1.165) is 5.56 Å². The Hall–Kier alpha value is -2.16. The van der Waals surface area contributed by atoms with Gasteiger partial charge in [-0.25, -0.2) is 0 Å². The Morgan fingerprint density at radius 3 is 2.67 bits per heavy atom. The van der Waals surface area contributed by atoms with Crippen molar-refractivity contribution in [3.8, 4) is 0 Å². The van der Waals surface area contributed by atoms with Gasteiger partial charge in [0.15, 0.2) is 6.26 Å². The maximum absolute atomic E-state index is 11.0. The molecule has 0 N–H and O–H groups in total. The van der Waals surface area contributed by atoms with Crippen LogP contribution in [0.5, 0.6) is 0 Å². The van der Waals surface area contributed by atoms with Crippen LogP contribution in [0.2, 0.25) is 0 Å². The van der Waals surface area contributed by atoms with E-state index < -0.39 is 0 Å². The molecule has 0 heterocycles. The molecule has 0 saturated carbocycles. The second-order valence-corrected chi connectivity index (χ2v) is 2.68. The Bertz CT molecular complexity index is 380. The van der Waals surface area contributed by atoms with E-state index in [1.165, 1.54) is 24.6 Å². The lowest BCUT2D eigenvalue weighted by atomic mass is 10.2. The number of nitrogens with zero attached hydrogens (tertiary/aromatic N) is 1. The minimum absolute atomic E-state index is 0.368. The lowest BCUT2D eigenvalue weighted by molar-refractivity contribution is -0.736. The van der Waals surface area contributed by atoms with Crippen LogP contribution in [0.3, 0.4) is 0 Å². The van der Waals surface area contributed by atoms with E-state index in [1.807, 2.05) is 30.3 Å². The molecule has 0 atom stereocenters. The van der Waals surface area contributed by atoms with Crippen molar-refractivity contribution in [1.29, 1.82) is 0 Å². The zero-order valence-electron chi connectivity index (χ0n) is 8.24. The van der Waals surface area contributed by atoms with Gasteiger partial charge in [0.1, 0.15) is 0 Å².